The molecule has 0 saturated carbocycles. The minimum atomic E-state index is -0.0828. The van der Waals surface area contributed by atoms with Gasteiger partial charge < -0.3 is 10.5 Å². The fraction of sp³-hybridized carbons (Fsp3) is 0.625. The Labute approximate surface area is 128 Å². The van der Waals surface area contributed by atoms with Crippen molar-refractivity contribution in [2.45, 2.75) is 38.8 Å². The van der Waals surface area contributed by atoms with Crippen molar-refractivity contribution >= 4 is 11.6 Å². The maximum atomic E-state index is 6.09. The first kappa shape index (κ1) is 17.4. The summed E-state index contributed by atoms with van der Waals surface area (Å²) in [6, 6.07) is 8.44. The van der Waals surface area contributed by atoms with Gasteiger partial charge in [-0.2, -0.15) is 0 Å². The molecule has 0 radical (unpaired) electrons. The van der Waals surface area contributed by atoms with E-state index in [2.05, 4.69) is 37.8 Å². The maximum absolute atomic E-state index is 6.09. The van der Waals surface area contributed by atoms with Crippen molar-refractivity contribution in [3.8, 4) is 0 Å². The van der Waals surface area contributed by atoms with Gasteiger partial charge in [-0.15, -0.1) is 0 Å². The van der Waals surface area contributed by atoms with Crippen molar-refractivity contribution < 1.29 is 4.74 Å². The maximum Gasteiger partial charge on any atom is 0.0590 e. The van der Waals surface area contributed by atoms with Crippen molar-refractivity contribution in [1.29, 1.82) is 0 Å². The number of benzene rings is 1. The molecule has 1 aromatic rings. The molecule has 3 nitrogen and oxygen atoms in total. The lowest BCUT2D eigenvalue weighted by Crippen LogP contribution is -2.56. The fourth-order valence-corrected chi connectivity index (χ4v) is 2.80. The third-order valence-electron chi connectivity index (χ3n) is 3.79. The van der Waals surface area contributed by atoms with E-state index in [1.165, 1.54) is 5.56 Å². The van der Waals surface area contributed by atoms with Crippen molar-refractivity contribution in [3.63, 3.8) is 0 Å². The minimum absolute atomic E-state index is 0.0828. The van der Waals surface area contributed by atoms with Crippen LogP contribution in [0.2, 0.25) is 5.02 Å². The first-order chi connectivity index (χ1) is 9.42. The van der Waals surface area contributed by atoms with Crippen LogP contribution in [0.15, 0.2) is 24.3 Å². The molecule has 4 heteroatoms. The van der Waals surface area contributed by atoms with Crippen LogP contribution in [0.5, 0.6) is 0 Å². The molecule has 0 spiro atoms. The Bertz CT molecular complexity index is 394. The summed E-state index contributed by atoms with van der Waals surface area (Å²) in [5.74, 6) is 0. The molecule has 0 aliphatic rings. The summed E-state index contributed by atoms with van der Waals surface area (Å²) in [6.07, 6.45) is 0.905. The summed E-state index contributed by atoms with van der Waals surface area (Å²) >= 11 is 5.95. The molecule has 0 saturated heterocycles. The number of nitrogens with zero attached hydrogens (tertiary/aromatic N) is 1. The number of nitrogens with two attached hydrogens (primary N) is 1. The number of methoxy groups -OCH3 is 1. The molecule has 1 atom stereocenters. The molecule has 20 heavy (non-hydrogen) atoms. The van der Waals surface area contributed by atoms with Crippen LogP contribution in [0.1, 0.15) is 26.3 Å². The summed E-state index contributed by atoms with van der Waals surface area (Å²) in [5.41, 5.74) is 7.26. The minimum Gasteiger partial charge on any atom is -0.383 e. The number of ether oxygens (including phenoxy) is 1. The Hall–Kier alpha value is -0.610. The van der Waals surface area contributed by atoms with E-state index in [1.807, 2.05) is 12.1 Å². The van der Waals surface area contributed by atoms with Crippen LogP contribution >= 0.6 is 11.6 Å². The molecule has 1 rings (SSSR count). The van der Waals surface area contributed by atoms with E-state index in [9.17, 15) is 0 Å². The highest BCUT2D eigenvalue weighted by Crippen LogP contribution is 2.23. The Morgan fingerprint density at radius 1 is 1.30 bits per heavy atom. The second-order valence-electron chi connectivity index (χ2n) is 5.78. The lowest BCUT2D eigenvalue weighted by atomic mass is 9.89. The highest BCUT2D eigenvalue weighted by Gasteiger charge is 2.32. The summed E-state index contributed by atoms with van der Waals surface area (Å²) in [4.78, 5) is 2.42. The van der Waals surface area contributed by atoms with E-state index < -0.39 is 0 Å². The van der Waals surface area contributed by atoms with Crippen LogP contribution in [0.4, 0.5) is 0 Å². The molecule has 0 bridgehead atoms. The zero-order chi connectivity index (χ0) is 15.2. The third-order valence-corrected chi connectivity index (χ3v) is 4.04. The average Bonchev–Trinajstić information content (AvgIpc) is 2.41. The van der Waals surface area contributed by atoms with Gasteiger partial charge in [-0.05, 0) is 44.9 Å². The lowest BCUT2D eigenvalue weighted by molar-refractivity contribution is 0.0450. The Balaban J connectivity index is 2.89. The summed E-state index contributed by atoms with van der Waals surface area (Å²) in [6.45, 7) is 8.83. The molecule has 0 aromatic heterocycles. The van der Waals surface area contributed by atoms with Gasteiger partial charge in [0.05, 0.1) is 6.61 Å². The van der Waals surface area contributed by atoms with Crippen LogP contribution in [-0.2, 0) is 11.2 Å². The topological polar surface area (TPSA) is 38.5 Å². The van der Waals surface area contributed by atoms with Gasteiger partial charge in [0.2, 0.25) is 0 Å². The predicted octanol–water partition coefficient (Wildman–Crippen LogP) is 2.96. The summed E-state index contributed by atoms with van der Waals surface area (Å²) in [5, 5.41) is 0.767. The van der Waals surface area contributed by atoms with Gasteiger partial charge in [-0.25, -0.2) is 0 Å². The highest BCUT2D eigenvalue weighted by molar-refractivity contribution is 6.30. The normalized spacial score (nSPS) is 14.8. The van der Waals surface area contributed by atoms with Crippen LogP contribution < -0.4 is 5.73 Å². The first-order valence-electron chi connectivity index (χ1n) is 7.13. The van der Waals surface area contributed by atoms with Crippen molar-refractivity contribution in [2.75, 3.05) is 26.8 Å². The van der Waals surface area contributed by atoms with E-state index in [4.69, 9.17) is 22.1 Å². The number of halogens is 1. The molecule has 0 fully saturated rings. The standard InChI is InChI=1S/C16H27ClN2O/c1-13(2)19(9-10-20-4)16(3,12-18)11-14-5-7-15(17)8-6-14/h5-8,13H,9-12,18H2,1-4H3. The molecular weight excluding hydrogens is 272 g/mol. The Morgan fingerprint density at radius 2 is 1.90 bits per heavy atom. The molecule has 2 N–H and O–H groups in total. The third kappa shape index (κ3) is 4.74. The predicted molar refractivity (Wildman–Crippen MR) is 86.3 cm³/mol. The second kappa shape index (κ2) is 7.99. The van der Waals surface area contributed by atoms with Gasteiger partial charge in [0.1, 0.15) is 0 Å². The Kier molecular flexibility index (Phi) is 6.96. The van der Waals surface area contributed by atoms with Crippen LogP contribution in [0.3, 0.4) is 0 Å². The zero-order valence-electron chi connectivity index (χ0n) is 13.0. The van der Waals surface area contributed by atoms with Gasteiger partial charge >= 0.3 is 0 Å². The highest BCUT2D eigenvalue weighted by atomic mass is 35.5. The molecule has 114 valence electrons. The first-order valence-corrected chi connectivity index (χ1v) is 7.51. The van der Waals surface area contributed by atoms with E-state index in [0.717, 1.165) is 18.0 Å². The van der Waals surface area contributed by atoms with E-state index >= 15 is 0 Å². The van der Waals surface area contributed by atoms with Gasteiger partial charge in [-0.3, -0.25) is 4.90 Å². The van der Waals surface area contributed by atoms with Crippen molar-refractivity contribution in [2.24, 2.45) is 5.73 Å². The van der Waals surface area contributed by atoms with E-state index in [-0.39, 0.29) is 5.54 Å². The summed E-state index contributed by atoms with van der Waals surface area (Å²) < 4.78 is 5.23. The molecule has 0 heterocycles. The SMILES string of the molecule is COCCN(C(C)C)C(C)(CN)Cc1ccc(Cl)cc1. The molecule has 0 amide bonds. The lowest BCUT2D eigenvalue weighted by Gasteiger charge is -2.43. The molecule has 0 aliphatic carbocycles. The summed E-state index contributed by atoms with van der Waals surface area (Å²) in [7, 11) is 1.73. The van der Waals surface area contributed by atoms with Gasteiger partial charge in [0, 0.05) is 36.8 Å². The number of rotatable bonds is 8. The van der Waals surface area contributed by atoms with Gasteiger partial charge in [0.25, 0.3) is 0 Å². The monoisotopic (exact) mass is 298 g/mol. The smallest absolute Gasteiger partial charge is 0.0590 e. The number of hydrogen-bond donors (Lipinski definition) is 1. The molecular formula is C16H27ClN2O. The molecule has 1 unspecified atom stereocenters. The van der Waals surface area contributed by atoms with Crippen molar-refractivity contribution in [3.05, 3.63) is 34.9 Å². The molecule has 0 aliphatic heterocycles. The van der Waals surface area contributed by atoms with Crippen LogP contribution in [0, 0.1) is 0 Å². The van der Waals surface area contributed by atoms with Crippen molar-refractivity contribution in [1.82, 2.24) is 4.90 Å². The van der Waals surface area contributed by atoms with E-state index in [0.29, 0.717) is 19.2 Å². The van der Waals surface area contributed by atoms with Crippen LogP contribution in [0.25, 0.3) is 0 Å². The molecule has 1 aromatic carbocycles. The largest absolute Gasteiger partial charge is 0.383 e. The van der Waals surface area contributed by atoms with Gasteiger partial charge in [-0.1, -0.05) is 23.7 Å². The average molecular weight is 299 g/mol. The fourth-order valence-electron chi connectivity index (χ4n) is 2.67. The van der Waals surface area contributed by atoms with E-state index in [1.54, 1.807) is 7.11 Å². The zero-order valence-corrected chi connectivity index (χ0v) is 13.8. The quantitative estimate of drug-likeness (QED) is 0.802. The second-order valence-corrected chi connectivity index (χ2v) is 6.22. The van der Waals surface area contributed by atoms with Crippen LogP contribution in [-0.4, -0.2) is 43.3 Å². The van der Waals surface area contributed by atoms with Gasteiger partial charge in [0.15, 0.2) is 0 Å². The number of hydrogen-bond acceptors (Lipinski definition) is 3. The Morgan fingerprint density at radius 3 is 2.35 bits per heavy atom.